The first-order valence-corrected chi connectivity index (χ1v) is 5.11. The van der Waals surface area contributed by atoms with Crippen molar-refractivity contribution in [2.75, 3.05) is 25.0 Å². The smallest absolute Gasteiger partial charge is 0.146 e. The van der Waals surface area contributed by atoms with Gasteiger partial charge in [-0.2, -0.15) is 0 Å². The molecule has 0 aromatic heterocycles. The van der Waals surface area contributed by atoms with Crippen LogP contribution in [0.5, 0.6) is 0 Å². The predicted octanol–water partition coefficient (Wildman–Crippen LogP) is 0.962. The third-order valence-electron chi connectivity index (χ3n) is 2.70. The molecule has 1 fully saturated rings. The van der Waals surface area contributed by atoms with Crippen LogP contribution in [0.4, 0.5) is 10.1 Å². The lowest BCUT2D eigenvalue weighted by Crippen LogP contribution is -2.39. The Kier molecular flexibility index (Phi) is 2.88. The Morgan fingerprint density at radius 2 is 2.27 bits per heavy atom. The molecule has 1 aliphatic rings. The molecule has 0 spiro atoms. The fourth-order valence-electron chi connectivity index (χ4n) is 1.75. The first-order chi connectivity index (χ1) is 7.20. The van der Waals surface area contributed by atoms with Crippen LogP contribution in [0.3, 0.4) is 0 Å². The number of anilines is 1. The maximum absolute atomic E-state index is 13.2. The molecule has 0 aliphatic carbocycles. The van der Waals surface area contributed by atoms with Crippen LogP contribution in [0.15, 0.2) is 24.3 Å². The Morgan fingerprint density at radius 3 is 2.93 bits per heavy atom. The van der Waals surface area contributed by atoms with Crippen LogP contribution >= 0.6 is 0 Å². The summed E-state index contributed by atoms with van der Waals surface area (Å²) in [7, 11) is 0. The van der Waals surface area contributed by atoms with Gasteiger partial charge in [0.15, 0.2) is 0 Å². The lowest BCUT2D eigenvalue weighted by molar-refractivity contribution is 0.0752. The molecular weight excluding hydrogens is 195 g/mol. The summed E-state index contributed by atoms with van der Waals surface area (Å²) < 4.78 is 13.2. The SMILES string of the molecule is OC1(CNc2ccccc2F)CCNC1. The number of aliphatic hydroxyl groups is 1. The molecule has 0 radical (unpaired) electrons. The normalized spacial score (nSPS) is 25.5. The van der Waals surface area contributed by atoms with Crippen LogP contribution in [-0.2, 0) is 0 Å². The van der Waals surface area contributed by atoms with Gasteiger partial charge in [0.2, 0.25) is 0 Å². The zero-order valence-corrected chi connectivity index (χ0v) is 8.46. The summed E-state index contributed by atoms with van der Waals surface area (Å²) >= 11 is 0. The molecule has 0 bridgehead atoms. The molecule has 1 heterocycles. The molecule has 82 valence electrons. The third kappa shape index (κ3) is 2.46. The van der Waals surface area contributed by atoms with E-state index in [0.717, 1.165) is 6.54 Å². The molecular formula is C11H15FN2O. The molecule has 1 unspecified atom stereocenters. The van der Waals surface area contributed by atoms with Gasteiger partial charge in [0.25, 0.3) is 0 Å². The highest BCUT2D eigenvalue weighted by Crippen LogP contribution is 2.17. The summed E-state index contributed by atoms with van der Waals surface area (Å²) in [5.41, 5.74) is -0.305. The zero-order chi connectivity index (χ0) is 10.7. The summed E-state index contributed by atoms with van der Waals surface area (Å²) in [5.74, 6) is -0.285. The number of hydrogen-bond acceptors (Lipinski definition) is 3. The number of para-hydroxylation sites is 1. The van der Waals surface area contributed by atoms with E-state index in [-0.39, 0.29) is 5.82 Å². The van der Waals surface area contributed by atoms with Crippen LogP contribution in [0, 0.1) is 5.82 Å². The fraction of sp³-hybridized carbons (Fsp3) is 0.455. The minimum atomic E-state index is -0.748. The van der Waals surface area contributed by atoms with E-state index in [0.29, 0.717) is 25.2 Å². The molecule has 1 saturated heterocycles. The van der Waals surface area contributed by atoms with Crippen LogP contribution in [-0.4, -0.2) is 30.3 Å². The van der Waals surface area contributed by atoms with E-state index in [4.69, 9.17) is 0 Å². The minimum absolute atomic E-state index is 0.285. The average molecular weight is 210 g/mol. The largest absolute Gasteiger partial charge is 0.387 e. The van der Waals surface area contributed by atoms with E-state index in [9.17, 15) is 9.50 Å². The highest BCUT2D eigenvalue weighted by Gasteiger charge is 2.30. The molecule has 3 N–H and O–H groups in total. The third-order valence-corrected chi connectivity index (χ3v) is 2.70. The fourth-order valence-corrected chi connectivity index (χ4v) is 1.75. The molecule has 2 rings (SSSR count). The molecule has 15 heavy (non-hydrogen) atoms. The monoisotopic (exact) mass is 210 g/mol. The highest BCUT2D eigenvalue weighted by molar-refractivity contribution is 5.44. The minimum Gasteiger partial charge on any atom is -0.387 e. The summed E-state index contributed by atoms with van der Waals surface area (Å²) in [6.07, 6.45) is 0.703. The van der Waals surface area contributed by atoms with Crippen molar-refractivity contribution < 1.29 is 9.50 Å². The number of nitrogens with one attached hydrogen (secondary N) is 2. The first-order valence-electron chi connectivity index (χ1n) is 5.11. The number of rotatable bonds is 3. The second-order valence-corrected chi connectivity index (χ2v) is 3.98. The van der Waals surface area contributed by atoms with Gasteiger partial charge in [0, 0.05) is 13.1 Å². The molecule has 1 aliphatic heterocycles. The van der Waals surface area contributed by atoms with Crippen LogP contribution in [0.25, 0.3) is 0 Å². The van der Waals surface area contributed by atoms with Crippen molar-refractivity contribution in [2.45, 2.75) is 12.0 Å². The Morgan fingerprint density at radius 1 is 1.47 bits per heavy atom. The first kappa shape index (κ1) is 10.4. The number of β-amino-alcohol motifs (C(OH)–C–C–N with tert-alkyl or cyclic N) is 1. The van der Waals surface area contributed by atoms with Gasteiger partial charge in [-0.15, -0.1) is 0 Å². The topological polar surface area (TPSA) is 44.3 Å². The van der Waals surface area contributed by atoms with Gasteiger partial charge >= 0.3 is 0 Å². The second-order valence-electron chi connectivity index (χ2n) is 3.98. The Bertz CT molecular complexity index is 337. The van der Waals surface area contributed by atoms with Gasteiger partial charge in [0.05, 0.1) is 11.3 Å². The summed E-state index contributed by atoms with van der Waals surface area (Å²) in [5, 5.41) is 16.0. The number of hydrogen-bond donors (Lipinski definition) is 3. The van der Waals surface area contributed by atoms with Crippen molar-refractivity contribution in [2.24, 2.45) is 0 Å². The van der Waals surface area contributed by atoms with Gasteiger partial charge in [-0.3, -0.25) is 0 Å². The standard InChI is InChI=1S/C11H15FN2O/c12-9-3-1-2-4-10(9)14-8-11(15)5-6-13-7-11/h1-4,13-15H,5-8H2. The van der Waals surface area contributed by atoms with Crippen molar-refractivity contribution in [1.29, 1.82) is 0 Å². The van der Waals surface area contributed by atoms with Gasteiger partial charge in [-0.25, -0.2) is 4.39 Å². The van der Waals surface area contributed by atoms with E-state index in [1.54, 1.807) is 18.2 Å². The van der Waals surface area contributed by atoms with Crippen LogP contribution < -0.4 is 10.6 Å². The molecule has 1 atom stereocenters. The molecule has 3 nitrogen and oxygen atoms in total. The highest BCUT2D eigenvalue weighted by atomic mass is 19.1. The van der Waals surface area contributed by atoms with E-state index >= 15 is 0 Å². The lowest BCUT2D eigenvalue weighted by Gasteiger charge is -2.22. The Labute approximate surface area is 88.3 Å². The zero-order valence-electron chi connectivity index (χ0n) is 8.46. The molecule has 1 aromatic rings. The van der Waals surface area contributed by atoms with Crippen LogP contribution in [0.1, 0.15) is 6.42 Å². The Balaban J connectivity index is 1.95. The lowest BCUT2D eigenvalue weighted by atomic mass is 10.0. The van der Waals surface area contributed by atoms with Crippen molar-refractivity contribution in [3.05, 3.63) is 30.1 Å². The van der Waals surface area contributed by atoms with Gasteiger partial charge in [0.1, 0.15) is 5.82 Å². The quantitative estimate of drug-likeness (QED) is 0.696. The van der Waals surface area contributed by atoms with Crippen molar-refractivity contribution in [3.8, 4) is 0 Å². The van der Waals surface area contributed by atoms with Crippen molar-refractivity contribution in [3.63, 3.8) is 0 Å². The van der Waals surface area contributed by atoms with Crippen molar-refractivity contribution in [1.82, 2.24) is 5.32 Å². The van der Waals surface area contributed by atoms with E-state index < -0.39 is 5.60 Å². The second kappa shape index (κ2) is 4.16. The number of benzene rings is 1. The van der Waals surface area contributed by atoms with Gasteiger partial charge < -0.3 is 15.7 Å². The maximum atomic E-state index is 13.2. The van der Waals surface area contributed by atoms with E-state index in [1.165, 1.54) is 6.07 Å². The van der Waals surface area contributed by atoms with Gasteiger partial charge in [-0.05, 0) is 25.1 Å². The maximum Gasteiger partial charge on any atom is 0.146 e. The van der Waals surface area contributed by atoms with E-state index in [2.05, 4.69) is 10.6 Å². The van der Waals surface area contributed by atoms with Crippen LogP contribution in [0.2, 0.25) is 0 Å². The molecule has 1 aromatic carbocycles. The predicted molar refractivity (Wildman–Crippen MR) is 57.3 cm³/mol. The molecule has 0 saturated carbocycles. The van der Waals surface area contributed by atoms with Crippen molar-refractivity contribution >= 4 is 5.69 Å². The van der Waals surface area contributed by atoms with E-state index in [1.807, 2.05) is 0 Å². The number of halogens is 1. The van der Waals surface area contributed by atoms with Gasteiger partial charge in [-0.1, -0.05) is 12.1 Å². The molecule has 0 amide bonds. The summed E-state index contributed by atoms with van der Waals surface area (Å²) in [6.45, 7) is 1.75. The molecule has 4 heteroatoms. The average Bonchev–Trinajstić information content (AvgIpc) is 2.65. The summed E-state index contributed by atoms with van der Waals surface area (Å²) in [6, 6.07) is 6.48. The summed E-state index contributed by atoms with van der Waals surface area (Å²) in [4.78, 5) is 0. The Hall–Kier alpha value is -1.13.